The molecule has 0 aromatic carbocycles. The van der Waals surface area contributed by atoms with Crippen molar-refractivity contribution >= 4 is 5.97 Å². The predicted molar refractivity (Wildman–Crippen MR) is 57.1 cm³/mol. The summed E-state index contributed by atoms with van der Waals surface area (Å²) in [7, 11) is 0. The molecule has 0 aliphatic heterocycles. The maximum atomic E-state index is 13.2. The highest BCUT2D eigenvalue weighted by Crippen LogP contribution is 2.62. The molecule has 0 aromatic heterocycles. The van der Waals surface area contributed by atoms with Crippen LogP contribution in [0.5, 0.6) is 0 Å². The molecule has 0 saturated carbocycles. The molecule has 0 unspecified atom stereocenters. The van der Waals surface area contributed by atoms with Crippen LogP contribution in [0.4, 0.5) is 87.8 Å². The van der Waals surface area contributed by atoms with Gasteiger partial charge in [-0.05, 0) is 0 Å². The van der Waals surface area contributed by atoms with Gasteiger partial charge >= 0.3 is 59.9 Å². The second-order valence-corrected chi connectivity index (χ2v) is 5.42. The van der Waals surface area contributed by atoms with Crippen LogP contribution in [0.1, 0.15) is 0 Å². The van der Waals surface area contributed by atoms with Crippen LogP contribution in [0.2, 0.25) is 0 Å². The van der Waals surface area contributed by atoms with Crippen molar-refractivity contribution in [2.45, 2.75) is 47.8 Å². The molecule has 196 valence electrons. The molecule has 0 rings (SSSR count). The number of carbonyl (C=O) groups excluding carboxylic acids is 1. The van der Waals surface area contributed by atoms with Gasteiger partial charge in [-0.1, -0.05) is 0 Å². The third kappa shape index (κ3) is 4.35. The lowest BCUT2D eigenvalue weighted by molar-refractivity contribution is -0.450. The Morgan fingerprint density at radius 1 is 0.485 bits per heavy atom. The van der Waals surface area contributed by atoms with Gasteiger partial charge in [0.05, 0.1) is 0 Å². The molecule has 0 aliphatic carbocycles. The van der Waals surface area contributed by atoms with Gasteiger partial charge in [-0.2, -0.15) is 87.8 Å². The average molecular weight is 544 g/mol. The van der Waals surface area contributed by atoms with Crippen molar-refractivity contribution in [1.29, 1.82) is 0 Å². The number of hydrogen-bond acceptors (Lipinski definition) is 2. The molecule has 0 aliphatic rings. The van der Waals surface area contributed by atoms with E-state index in [1.54, 1.807) is 4.74 Å². The highest BCUT2D eigenvalue weighted by atomic mass is 19.4. The zero-order chi connectivity index (χ0) is 27.4. The van der Waals surface area contributed by atoms with Crippen LogP contribution in [0.15, 0.2) is 11.9 Å². The zero-order valence-corrected chi connectivity index (χ0v) is 13.9. The Hall–Kier alpha value is -2.19. The fraction of sp³-hybridized carbons (Fsp3) is 0.727. The highest BCUT2D eigenvalue weighted by molar-refractivity contribution is 5.79. The van der Waals surface area contributed by atoms with Gasteiger partial charge in [-0.15, -0.1) is 0 Å². The molecule has 0 aromatic rings. The van der Waals surface area contributed by atoms with Crippen LogP contribution in [-0.4, -0.2) is 53.8 Å². The standard InChI is InChI=1S/C11F20O2/c12-1(2(13)14)5(17,18)33-3(32)4(15,16)6(19,20)7(21,22)8(23,24)9(25,26)10(27,28)11(29,30)31. The van der Waals surface area contributed by atoms with Crippen LogP contribution in [0.3, 0.4) is 0 Å². The van der Waals surface area contributed by atoms with Crippen LogP contribution < -0.4 is 0 Å². The third-order valence-corrected chi connectivity index (χ3v) is 3.23. The number of hydrogen-bond donors (Lipinski definition) is 0. The minimum Gasteiger partial charge on any atom is -0.390 e. The van der Waals surface area contributed by atoms with Crippen LogP contribution in [0.25, 0.3) is 0 Å². The Morgan fingerprint density at radius 2 is 0.788 bits per heavy atom. The number of ether oxygens (including phenoxy) is 1. The molecule has 0 atom stereocenters. The van der Waals surface area contributed by atoms with E-state index in [4.69, 9.17) is 0 Å². The Balaban J connectivity index is 6.61. The van der Waals surface area contributed by atoms with Gasteiger partial charge in [0.1, 0.15) is 0 Å². The summed E-state index contributed by atoms with van der Waals surface area (Å²) in [6.45, 7) is 0. The maximum Gasteiger partial charge on any atom is 0.461 e. The highest BCUT2D eigenvalue weighted by Gasteiger charge is 2.94. The van der Waals surface area contributed by atoms with Crippen LogP contribution in [-0.2, 0) is 9.53 Å². The minimum absolute atomic E-state index is 1.72. The fourth-order valence-electron chi connectivity index (χ4n) is 1.43. The Morgan fingerprint density at radius 3 is 1.09 bits per heavy atom. The van der Waals surface area contributed by atoms with Crippen LogP contribution >= 0.6 is 0 Å². The first kappa shape index (κ1) is 30.8. The summed E-state index contributed by atoms with van der Waals surface area (Å²) in [6, 6.07) is 0. The van der Waals surface area contributed by atoms with E-state index in [2.05, 4.69) is 0 Å². The number of carbonyl (C=O) groups is 1. The summed E-state index contributed by atoms with van der Waals surface area (Å²) < 4.78 is 254. The molecule has 0 N–H and O–H groups in total. The monoisotopic (exact) mass is 544 g/mol. The molecule has 0 amide bonds. The first-order valence-corrected chi connectivity index (χ1v) is 6.64. The van der Waals surface area contributed by atoms with Crippen molar-refractivity contribution in [3.63, 3.8) is 0 Å². The summed E-state index contributed by atoms with van der Waals surface area (Å²) in [6.07, 6.45) is -18.8. The molecule has 0 bridgehead atoms. The molecule has 0 radical (unpaired) electrons. The van der Waals surface area contributed by atoms with Crippen LogP contribution in [0, 0.1) is 0 Å². The molecular formula is C11F20O2. The molecule has 33 heavy (non-hydrogen) atoms. The molecule has 0 fully saturated rings. The SMILES string of the molecule is O=C(OC(F)(F)C(F)=C(F)F)C(F)(F)C(F)(F)C(F)(F)C(F)(F)C(F)(F)C(F)(F)C(F)(F)F. The number of rotatable bonds is 8. The fourth-order valence-corrected chi connectivity index (χ4v) is 1.43. The van der Waals surface area contributed by atoms with E-state index >= 15 is 0 Å². The van der Waals surface area contributed by atoms with E-state index in [9.17, 15) is 92.6 Å². The first-order chi connectivity index (χ1) is 14.0. The minimum atomic E-state index is -8.84. The van der Waals surface area contributed by atoms with E-state index in [1.807, 2.05) is 0 Å². The summed E-state index contributed by atoms with van der Waals surface area (Å²) >= 11 is 0. The maximum absolute atomic E-state index is 13.2. The van der Waals surface area contributed by atoms with Crippen molar-refractivity contribution in [2.75, 3.05) is 0 Å². The van der Waals surface area contributed by atoms with Gasteiger partial charge in [0.2, 0.25) is 0 Å². The summed E-state index contributed by atoms with van der Waals surface area (Å²) in [5, 5.41) is 0. The van der Waals surface area contributed by atoms with Crippen molar-refractivity contribution in [1.82, 2.24) is 0 Å². The summed E-state index contributed by atoms with van der Waals surface area (Å²) in [5.74, 6) is -60.6. The van der Waals surface area contributed by atoms with Gasteiger partial charge < -0.3 is 4.74 Å². The van der Waals surface area contributed by atoms with Crippen molar-refractivity contribution in [3.05, 3.63) is 11.9 Å². The lowest BCUT2D eigenvalue weighted by Crippen LogP contribution is -2.73. The van der Waals surface area contributed by atoms with Gasteiger partial charge in [0, 0.05) is 0 Å². The summed E-state index contributed by atoms with van der Waals surface area (Å²) in [5.41, 5.74) is 0. The van der Waals surface area contributed by atoms with E-state index in [1.165, 1.54) is 0 Å². The molecule has 2 nitrogen and oxygen atoms in total. The summed E-state index contributed by atoms with van der Waals surface area (Å²) in [4.78, 5) is 10.6. The van der Waals surface area contributed by atoms with Crippen molar-refractivity contribution < 1.29 is 97.3 Å². The predicted octanol–water partition coefficient (Wildman–Crippen LogP) is 6.57. The smallest absolute Gasteiger partial charge is 0.390 e. The molecule has 0 heterocycles. The molecule has 0 saturated heterocycles. The molecule has 0 spiro atoms. The quantitative estimate of drug-likeness (QED) is 0.255. The van der Waals surface area contributed by atoms with Gasteiger partial charge in [-0.3, -0.25) is 0 Å². The van der Waals surface area contributed by atoms with Gasteiger partial charge in [0.25, 0.3) is 5.83 Å². The van der Waals surface area contributed by atoms with E-state index in [0.717, 1.165) is 0 Å². The topological polar surface area (TPSA) is 26.3 Å². The van der Waals surface area contributed by atoms with E-state index in [0.29, 0.717) is 0 Å². The van der Waals surface area contributed by atoms with Gasteiger partial charge in [0.15, 0.2) is 0 Å². The largest absolute Gasteiger partial charge is 0.461 e. The van der Waals surface area contributed by atoms with E-state index < -0.39 is 65.7 Å². The average Bonchev–Trinajstić information content (AvgIpc) is 2.58. The normalized spacial score (nSPS) is 15.4. The Labute approximate surface area is 164 Å². The number of esters is 1. The van der Waals surface area contributed by atoms with Crippen molar-refractivity contribution in [2.24, 2.45) is 0 Å². The lowest BCUT2D eigenvalue weighted by atomic mass is 9.91. The Kier molecular flexibility index (Phi) is 7.42. The second-order valence-electron chi connectivity index (χ2n) is 5.42. The zero-order valence-electron chi connectivity index (χ0n) is 13.9. The lowest BCUT2D eigenvalue weighted by Gasteiger charge is -2.40. The van der Waals surface area contributed by atoms with Gasteiger partial charge in [-0.25, -0.2) is 4.79 Å². The first-order valence-electron chi connectivity index (χ1n) is 6.64. The van der Waals surface area contributed by atoms with Crippen molar-refractivity contribution in [3.8, 4) is 0 Å². The molecule has 22 heteroatoms. The number of halogens is 20. The number of alkyl halides is 17. The third-order valence-electron chi connectivity index (χ3n) is 3.23. The Bertz CT molecular complexity index is 784. The van der Waals surface area contributed by atoms with E-state index in [-0.39, 0.29) is 0 Å². The molecular weight excluding hydrogens is 544 g/mol. The second kappa shape index (κ2) is 7.94.